The van der Waals surface area contributed by atoms with Gasteiger partial charge in [0, 0.05) is 28.7 Å². The summed E-state index contributed by atoms with van der Waals surface area (Å²) in [5.41, 5.74) is 0.436. The second-order valence-electron chi connectivity index (χ2n) is 5.25. The maximum Gasteiger partial charge on any atom is 0.254 e. The average molecular weight is 364 g/mol. The Balaban J connectivity index is 0.00000147. The standard InChI is InChI=1S/C14H16BrFN2O.ClH/c15-10-5-9(6-11(16)7-10)14(19)18-12-1-2-13(18)8-17-4-3-12;/h5-7,12-13,17H,1-4,8H2;1H. The van der Waals surface area contributed by atoms with E-state index >= 15 is 0 Å². The maximum absolute atomic E-state index is 13.4. The van der Waals surface area contributed by atoms with E-state index in [9.17, 15) is 9.18 Å². The van der Waals surface area contributed by atoms with E-state index in [-0.39, 0.29) is 30.2 Å². The Morgan fingerprint density at radius 2 is 2.00 bits per heavy atom. The summed E-state index contributed by atoms with van der Waals surface area (Å²) in [7, 11) is 0. The van der Waals surface area contributed by atoms with Crippen LogP contribution >= 0.6 is 28.3 Å². The number of hydrogen-bond donors (Lipinski definition) is 1. The molecule has 2 unspecified atom stereocenters. The van der Waals surface area contributed by atoms with E-state index in [1.165, 1.54) is 12.1 Å². The van der Waals surface area contributed by atoms with Gasteiger partial charge in [0.25, 0.3) is 5.91 Å². The number of nitrogens with one attached hydrogen (secondary N) is 1. The molecular formula is C14H17BrClFN2O. The SMILES string of the molecule is Cl.O=C(c1cc(F)cc(Br)c1)N1C2CCNCC1CC2. The van der Waals surface area contributed by atoms with Crippen molar-refractivity contribution < 1.29 is 9.18 Å². The zero-order valence-electron chi connectivity index (χ0n) is 10.9. The van der Waals surface area contributed by atoms with E-state index in [0.29, 0.717) is 16.1 Å². The molecule has 0 spiro atoms. The van der Waals surface area contributed by atoms with E-state index in [1.54, 1.807) is 6.07 Å². The van der Waals surface area contributed by atoms with Crippen LogP contribution in [0.3, 0.4) is 0 Å². The van der Waals surface area contributed by atoms with Crippen LogP contribution in [0.25, 0.3) is 0 Å². The zero-order valence-corrected chi connectivity index (χ0v) is 13.3. The number of hydrogen-bond acceptors (Lipinski definition) is 2. The molecule has 20 heavy (non-hydrogen) atoms. The van der Waals surface area contributed by atoms with E-state index < -0.39 is 0 Å². The van der Waals surface area contributed by atoms with Gasteiger partial charge in [0.05, 0.1) is 0 Å². The Hall–Kier alpha value is -0.650. The summed E-state index contributed by atoms with van der Waals surface area (Å²) in [6.45, 7) is 1.80. The topological polar surface area (TPSA) is 32.3 Å². The lowest BCUT2D eigenvalue weighted by Crippen LogP contribution is -2.42. The Morgan fingerprint density at radius 3 is 2.75 bits per heavy atom. The molecule has 6 heteroatoms. The molecule has 2 fully saturated rings. The van der Waals surface area contributed by atoms with Crippen molar-refractivity contribution in [1.82, 2.24) is 10.2 Å². The van der Waals surface area contributed by atoms with E-state index in [0.717, 1.165) is 32.4 Å². The van der Waals surface area contributed by atoms with Crippen molar-refractivity contribution in [3.05, 3.63) is 34.1 Å². The molecule has 110 valence electrons. The summed E-state index contributed by atoms with van der Waals surface area (Å²) in [5.74, 6) is -0.422. The zero-order chi connectivity index (χ0) is 13.4. The third kappa shape index (κ3) is 3.00. The van der Waals surface area contributed by atoms with Gasteiger partial charge in [-0.3, -0.25) is 4.79 Å². The van der Waals surface area contributed by atoms with E-state index in [1.807, 2.05) is 4.90 Å². The van der Waals surface area contributed by atoms with Crippen molar-refractivity contribution in [1.29, 1.82) is 0 Å². The number of benzene rings is 1. The van der Waals surface area contributed by atoms with Crippen LogP contribution in [0.15, 0.2) is 22.7 Å². The maximum atomic E-state index is 13.4. The van der Waals surface area contributed by atoms with Crippen LogP contribution in [0.2, 0.25) is 0 Å². The smallest absolute Gasteiger partial charge is 0.254 e. The summed E-state index contributed by atoms with van der Waals surface area (Å²) in [6.07, 6.45) is 3.09. The predicted molar refractivity (Wildman–Crippen MR) is 81.8 cm³/mol. The second-order valence-corrected chi connectivity index (χ2v) is 6.16. The first kappa shape index (κ1) is 15.7. The molecule has 0 saturated carbocycles. The molecule has 2 aliphatic rings. The Kier molecular flexibility index (Phi) is 5.04. The fourth-order valence-corrected chi connectivity index (χ4v) is 3.61. The van der Waals surface area contributed by atoms with Crippen LogP contribution in [0.4, 0.5) is 4.39 Å². The number of nitrogens with zero attached hydrogens (tertiary/aromatic N) is 1. The van der Waals surface area contributed by atoms with Crippen LogP contribution in [0, 0.1) is 5.82 Å². The molecular weight excluding hydrogens is 347 g/mol. The first-order chi connectivity index (χ1) is 9.15. The van der Waals surface area contributed by atoms with Gasteiger partial charge < -0.3 is 10.2 Å². The average Bonchev–Trinajstić information content (AvgIpc) is 2.60. The molecule has 2 atom stereocenters. The number of amides is 1. The molecule has 1 N–H and O–H groups in total. The monoisotopic (exact) mass is 362 g/mol. The highest BCUT2D eigenvalue weighted by Gasteiger charge is 2.38. The van der Waals surface area contributed by atoms with Gasteiger partial charge in [-0.2, -0.15) is 0 Å². The number of rotatable bonds is 1. The van der Waals surface area contributed by atoms with Crippen LogP contribution in [-0.4, -0.2) is 36.0 Å². The van der Waals surface area contributed by atoms with Gasteiger partial charge in [-0.15, -0.1) is 12.4 Å². The summed E-state index contributed by atoms with van der Waals surface area (Å²) in [6, 6.07) is 4.94. The molecule has 1 aromatic rings. The first-order valence-electron chi connectivity index (χ1n) is 6.64. The highest BCUT2D eigenvalue weighted by Crippen LogP contribution is 2.30. The molecule has 2 saturated heterocycles. The molecule has 1 aromatic carbocycles. The summed E-state index contributed by atoms with van der Waals surface area (Å²) < 4.78 is 14.0. The van der Waals surface area contributed by atoms with Gasteiger partial charge >= 0.3 is 0 Å². The highest BCUT2D eigenvalue weighted by molar-refractivity contribution is 9.10. The molecule has 2 aliphatic heterocycles. The van der Waals surface area contributed by atoms with Gasteiger partial charge in [0.2, 0.25) is 0 Å². The molecule has 2 heterocycles. The minimum Gasteiger partial charge on any atom is -0.331 e. The Bertz CT molecular complexity index is 480. The highest BCUT2D eigenvalue weighted by atomic mass is 79.9. The lowest BCUT2D eigenvalue weighted by atomic mass is 10.1. The molecule has 1 amide bonds. The van der Waals surface area contributed by atoms with E-state index in [2.05, 4.69) is 21.2 Å². The molecule has 3 rings (SSSR count). The normalized spacial score (nSPS) is 25.0. The minimum absolute atomic E-state index is 0. The van der Waals surface area contributed by atoms with Crippen LogP contribution in [0.1, 0.15) is 29.6 Å². The molecule has 0 aromatic heterocycles. The number of carbonyl (C=O) groups excluding carboxylic acids is 1. The van der Waals surface area contributed by atoms with Crippen molar-refractivity contribution in [3.8, 4) is 0 Å². The molecule has 3 nitrogen and oxygen atoms in total. The number of carbonyl (C=O) groups is 1. The summed E-state index contributed by atoms with van der Waals surface area (Å²) in [4.78, 5) is 14.6. The van der Waals surface area contributed by atoms with Crippen LogP contribution < -0.4 is 5.32 Å². The summed E-state index contributed by atoms with van der Waals surface area (Å²) >= 11 is 3.24. The van der Waals surface area contributed by atoms with E-state index in [4.69, 9.17) is 0 Å². The van der Waals surface area contributed by atoms with Crippen molar-refractivity contribution >= 4 is 34.2 Å². The third-order valence-electron chi connectivity index (χ3n) is 4.00. The molecule has 0 aliphatic carbocycles. The largest absolute Gasteiger partial charge is 0.331 e. The van der Waals surface area contributed by atoms with Crippen molar-refractivity contribution in [2.75, 3.05) is 13.1 Å². The van der Waals surface area contributed by atoms with Crippen molar-refractivity contribution in [3.63, 3.8) is 0 Å². The lowest BCUT2D eigenvalue weighted by Gasteiger charge is -2.28. The number of fused-ring (bicyclic) bond motifs is 2. The number of halogens is 3. The molecule has 2 bridgehead atoms. The van der Waals surface area contributed by atoms with Gasteiger partial charge in [-0.1, -0.05) is 15.9 Å². The van der Waals surface area contributed by atoms with Gasteiger partial charge in [0.1, 0.15) is 5.82 Å². The van der Waals surface area contributed by atoms with Crippen LogP contribution in [-0.2, 0) is 0 Å². The fraction of sp³-hybridized carbons (Fsp3) is 0.500. The fourth-order valence-electron chi connectivity index (χ4n) is 3.14. The van der Waals surface area contributed by atoms with Crippen molar-refractivity contribution in [2.45, 2.75) is 31.3 Å². The van der Waals surface area contributed by atoms with Gasteiger partial charge in [-0.05, 0) is 44.0 Å². The Morgan fingerprint density at radius 1 is 1.25 bits per heavy atom. The van der Waals surface area contributed by atoms with Crippen LogP contribution in [0.5, 0.6) is 0 Å². The second kappa shape index (κ2) is 6.41. The molecule has 0 radical (unpaired) electrons. The van der Waals surface area contributed by atoms with Gasteiger partial charge in [-0.25, -0.2) is 4.39 Å². The lowest BCUT2D eigenvalue weighted by molar-refractivity contribution is 0.0679. The first-order valence-corrected chi connectivity index (χ1v) is 7.44. The minimum atomic E-state index is -0.377. The quantitative estimate of drug-likeness (QED) is 0.832. The Labute approximate surface area is 132 Å². The van der Waals surface area contributed by atoms with Gasteiger partial charge in [0.15, 0.2) is 0 Å². The van der Waals surface area contributed by atoms with Crippen molar-refractivity contribution in [2.24, 2.45) is 0 Å². The predicted octanol–water partition coefficient (Wildman–Crippen LogP) is 2.98. The third-order valence-corrected chi connectivity index (χ3v) is 4.46. The summed E-state index contributed by atoms with van der Waals surface area (Å²) in [5, 5.41) is 3.36.